The van der Waals surface area contributed by atoms with Gasteiger partial charge in [-0.3, -0.25) is 4.79 Å². The van der Waals surface area contributed by atoms with Gasteiger partial charge < -0.3 is 0 Å². The standard InChI is InChI=1S/C17H14ClFO/c1-11-6-7-13(10-12(11)2)17(20)9-8-14-15(18)4-3-5-16(14)19/h3-10H,1-2H3/b9-8+. The van der Waals surface area contributed by atoms with Crippen molar-refractivity contribution in [3.05, 3.63) is 75.6 Å². The molecule has 0 N–H and O–H groups in total. The quantitative estimate of drug-likeness (QED) is 0.574. The molecule has 20 heavy (non-hydrogen) atoms. The lowest BCUT2D eigenvalue weighted by Crippen LogP contribution is -1.96. The number of halogens is 2. The van der Waals surface area contributed by atoms with Crippen LogP contribution in [0.15, 0.2) is 42.5 Å². The van der Waals surface area contributed by atoms with Crippen LogP contribution in [0.1, 0.15) is 27.0 Å². The van der Waals surface area contributed by atoms with Crippen molar-refractivity contribution in [2.75, 3.05) is 0 Å². The van der Waals surface area contributed by atoms with Crippen molar-refractivity contribution in [1.82, 2.24) is 0 Å². The SMILES string of the molecule is Cc1ccc(C(=O)/C=C/c2c(F)cccc2Cl)cc1C. The first-order valence-electron chi connectivity index (χ1n) is 6.22. The van der Waals surface area contributed by atoms with Gasteiger partial charge in [0.05, 0.1) is 5.02 Å². The second-order valence-corrected chi connectivity index (χ2v) is 5.04. The zero-order valence-corrected chi connectivity index (χ0v) is 12.0. The molecule has 0 atom stereocenters. The lowest BCUT2D eigenvalue weighted by atomic mass is 10.0. The first-order valence-corrected chi connectivity index (χ1v) is 6.60. The van der Waals surface area contributed by atoms with Crippen molar-refractivity contribution in [2.24, 2.45) is 0 Å². The van der Waals surface area contributed by atoms with Gasteiger partial charge in [0.1, 0.15) is 5.82 Å². The summed E-state index contributed by atoms with van der Waals surface area (Å²) in [4.78, 5) is 12.1. The predicted octanol–water partition coefficient (Wildman–Crippen LogP) is 4.99. The smallest absolute Gasteiger partial charge is 0.185 e. The Balaban J connectivity index is 2.27. The van der Waals surface area contributed by atoms with E-state index in [1.54, 1.807) is 12.1 Å². The average Bonchev–Trinajstić information content (AvgIpc) is 2.41. The summed E-state index contributed by atoms with van der Waals surface area (Å²) in [5.41, 5.74) is 2.99. The predicted molar refractivity (Wildman–Crippen MR) is 80.7 cm³/mol. The Hall–Kier alpha value is -1.93. The van der Waals surface area contributed by atoms with Crippen molar-refractivity contribution in [1.29, 1.82) is 0 Å². The van der Waals surface area contributed by atoms with E-state index in [2.05, 4.69) is 0 Å². The minimum Gasteiger partial charge on any atom is -0.289 e. The molecular weight excluding hydrogens is 275 g/mol. The molecule has 1 nitrogen and oxygen atoms in total. The lowest BCUT2D eigenvalue weighted by Gasteiger charge is -2.02. The number of ketones is 1. The van der Waals surface area contributed by atoms with Crippen LogP contribution in [0.3, 0.4) is 0 Å². The molecule has 0 aliphatic carbocycles. The molecule has 0 saturated heterocycles. The van der Waals surface area contributed by atoms with Crippen molar-refractivity contribution in [2.45, 2.75) is 13.8 Å². The first-order chi connectivity index (χ1) is 9.49. The molecule has 0 aliphatic rings. The third-order valence-corrected chi connectivity index (χ3v) is 3.52. The summed E-state index contributed by atoms with van der Waals surface area (Å²) in [6, 6.07) is 9.91. The van der Waals surface area contributed by atoms with Crippen LogP contribution in [-0.2, 0) is 0 Å². The van der Waals surface area contributed by atoms with Gasteiger partial charge in [0, 0.05) is 11.1 Å². The number of carbonyl (C=O) groups is 1. The van der Waals surface area contributed by atoms with E-state index in [1.165, 1.54) is 24.3 Å². The van der Waals surface area contributed by atoms with Gasteiger partial charge in [-0.1, -0.05) is 29.8 Å². The molecule has 3 heteroatoms. The molecule has 102 valence electrons. The Morgan fingerprint density at radius 2 is 1.90 bits per heavy atom. The monoisotopic (exact) mass is 288 g/mol. The van der Waals surface area contributed by atoms with Crippen LogP contribution < -0.4 is 0 Å². The zero-order valence-electron chi connectivity index (χ0n) is 11.3. The summed E-state index contributed by atoms with van der Waals surface area (Å²) in [6.07, 6.45) is 2.75. The Bertz CT molecular complexity index is 669. The molecular formula is C17H14ClFO. The van der Waals surface area contributed by atoms with Crippen LogP contribution in [0.25, 0.3) is 6.08 Å². The topological polar surface area (TPSA) is 17.1 Å². The van der Waals surface area contributed by atoms with Crippen LogP contribution in [0, 0.1) is 19.7 Å². The summed E-state index contributed by atoms with van der Waals surface area (Å²) in [6.45, 7) is 3.93. The summed E-state index contributed by atoms with van der Waals surface area (Å²) in [5.74, 6) is -0.617. The van der Waals surface area contributed by atoms with E-state index in [9.17, 15) is 9.18 Å². The van der Waals surface area contributed by atoms with Crippen molar-refractivity contribution in [3.63, 3.8) is 0 Å². The fourth-order valence-electron chi connectivity index (χ4n) is 1.82. The highest BCUT2D eigenvalue weighted by atomic mass is 35.5. The van der Waals surface area contributed by atoms with Gasteiger partial charge in [-0.2, -0.15) is 0 Å². The second kappa shape index (κ2) is 6.02. The van der Waals surface area contributed by atoms with Crippen molar-refractivity contribution >= 4 is 23.5 Å². The van der Waals surface area contributed by atoms with E-state index >= 15 is 0 Å². The zero-order chi connectivity index (χ0) is 14.7. The van der Waals surface area contributed by atoms with Gasteiger partial charge in [0.25, 0.3) is 0 Å². The Morgan fingerprint density at radius 3 is 2.55 bits per heavy atom. The molecule has 0 heterocycles. The molecule has 2 rings (SSSR count). The maximum Gasteiger partial charge on any atom is 0.185 e. The highest BCUT2D eigenvalue weighted by molar-refractivity contribution is 6.32. The van der Waals surface area contributed by atoms with Crippen LogP contribution >= 0.6 is 11.6 Å². The number of hydrogen-bond donors (Lipinski definition) is 0. The Kier molecular flexibility index (Phi) is 4.35. The molecule has 0 aliphatic heterocycles. The number of hydrogen-bond acceptors (Lipinski definition) is 1. The summed E-state index contributed by atoms with van der Waals surface area (Å²) in [5, 5.41) is 0.286. The Labute approximate surface area is 122 Å². The van der Waals surface area contributed by atoms with E-state index < -0.39 is 5.82 Å². The molecule has 0 amide bonds. The summed E-state index contributed by atoms with van der Waals surface area (Å²) < 4.78 is 13.6. The largest absolute Gasteiger partial charge is 0.289 e. The second-order valence-electron chi connectivity index (χ2n) is 4.63. The minimum absolute atomic E-state index is 0.174. The van der Waals surface area contributed by atoms with Crippen LogP contribution in [0.2, 0.25) is 5.02 Å². The number of rotatable bonds is 3. The molecule has 0 fully saturated rings. The summed E-state index contributed by atoms with van der Waals surface area (Å²) >= 11 is 5.90. The fourth-order valence-corrected chi connectivity index (χ4v) is 2.05. The normalized spacial score (nSPS) is 11.0. The van der Waals surface area contributed by atoms with Crippen molar-refractivity contribution in [3.8, 4) is 0 Å². The fraction of sp³-hybridized carbons (Fsp3) is 0.118. The van der Waals surface area contributed by atoms with Gasteiger partial charge in [0.15, 0.2) is 5.78 Å². The first kappa shape index (κ1) is 14.5. The molecule has 0 saturated carbocycles. The maximum atomic E-state index is 13.6. The Morgan fingerprint density at radius 1 is 1.15 bits per heavy atom. The van der Waals surface area contributed by atoms with E-state index in [4.69, 9.17) is 11.6 Å². The highest BCUT2D eigenvalue weighted by Crippen LogP contribution is 2.20. The molecule has 0 aromatic heterocycles. The lowest BCUT2D eigenvalue weighted by molar-refractivity contribution is 0.104. The maximum absolute atomic E-state index is 13.6. The van der Waals surface area contributed by atoms with E-state index in [-0.39, 0.29) is 16.4 Å². The average molecular weight is 289 g/mol. The molecule has 2 aromatic rings. The van der Waals surface area contributed by atoms with Crippen LogP contribution in [0.5, 0.6) is 0 Å². The number of carbonyl (C=O) groups excluding carboxylic acids is 1. The van der Waals surface area contributed by atoms with Gasteiger partial charge >= 0.3 is 0 Å². The van der Waals surface area contributed by atoms with Gasteiger partial charge in [-0.25, -0.2) is 4.39 Å². The van der Waals surface area contributed by atoms with Crippen LogP contribution in [0.4, 0.5) is 4.39 Å². The molecule has 0 unspecified atom stereocenters. The van der Waals surface area contributed by atoms with Crippen LogP contribution in [-0.4, -0.2) is 5.78 Å². The molecule has 0 spiro atoms. The van der Waals surface area contributed by atoms with Gasteiger partial charge in [0.2, 0.25) is 0 Å². The minimum atomic E-state index is -0.443. The van der Waals surface area contributed by atoms with Gasteiger partial charge in [-0.05, 0) is 55.3 Å². The number of aryl methyl sites for hydroxylation is 2. The van der Waals surface area contributed by atoms with E-state index in [1.807, 2.05) is 26.0 Å². The summed E-state index contributed by atoms with van der Waals surface area (Å²) in [7, 11) is 0. The van der Waals surface area contributed by atoms with E-state index in [0.29, 0.717) is 5.56 Å². The molecule has 0 bridgehead atoms. The number of benzene rings is 2. The van der Waals surface area contributed by atoms with Gasteiger partial charge in [-0.15, -0.1) is 0 Å². The third-order valence-electron chi connectivity index (χ3n) is 3.19. The highest BCUT2D eigenvalue weighted by Gasteiger charge is 2.06. The molecule has 2 aromatic carbocycles. The molecule has 0 radical (unpaired) electrons. The van der Waals surface area contributed by atoms with Crippen molar-refractivity contribution < 1.29 is 9.18 Å². The van der Waals surface area contributed by atoms with E-state index in [0.717, 1.165) is 11.1 Å². The number of allylic oxidation sites excluding steroid dienone is 1. The third kappa shape index (κ3) is 3.14.